The first kappa shape index (κ1) is 8.26. The van der Waals surface area contributed by atoms with Crippen LogP contribution in [0.5, 0.6) is 0 Å². The van der Waals surface area contributed by atoms with Crippen molar-refractivity contribution in [2.24, 2.45) is 12.8 Å². The van der Waals surface area contributed by atoms with Gasteiger partial charge in [-0.3, -0.25) is 4.68 Å². The summed E-state index contributed by atoms with van der Waals surface area (Å²) in [5.41, 5.74) is 8.96. The predicted molar refractivity (Wildman–Crippen MR) is 53.3 cm³/mol. The zero-order valence-electron chi connectivity index (χ0n) is 7.91. The highest BCUT2D eigenvalue weighted by atomic mass is 15.3. The van der Waals surface area contributed by atoms with Gasteiger partial charge in [-0.15, -0.1) is 0 Å². The molecule has 0 bridgehead atoms. The molecule has 1 aromatic carbocycles. The SMILES string of the molecule is Cc1ccc2c(CN)nn(C)c2c1. The maximum Gasteiger partial charge on any atom is 0.0838 e. The van der Waals surface area contributed by atoms with Gasteiger partial charge >= 0.3 is 0 Å². The molecule has 0 spiro atoms. The molecule has 0 saturated carbocycles. The molecule has 0 aliphatic heterocycles. The van der Waals surface area contributed by atoms with E-state index in [4.69, 9.17) is 5.73 Å². The number of fused-ring (bicyclic) bond motifs is 1. The highest BCUT2D eigenvalue weighted by Gasteiger charge is 2.05. The van der Waals surface area contributed by atoms with Crippen molar-refractivity contribution in [1.82, 2.24) is 9.78 Å². The summed E-state index contributed by atoms with van der Waals surface area (Å²) in [6.07, 6.45) is 0. The molecule has 0 aliphatic rings. The summed E-state index contributed by atoms with van der Waals surface area (Å²) in [6, 6.07) is 6.30. The lowest BCUT2D eigenvalue weighted by Crippen LogP contribution is -1.98. The summed E-state index contributed by atoms with van der Waals surface area (Å²) >= 11 is 0. The summed E-state index contributed by atoms with van der Waals surface area (Å²) in [7, 11) is 1.95. The third-order valence-corrected chi connectivity index (χ3v) is 2.28. The average Bonchev–Trinajstić information content (AvgIpc) is 2.43. The van der Waals surface area contributed by atoms with Crippen LogP contribution < -0.4 is 5.73 Å². The minimum Gasteiger partial charge on any atom is -0.325 e. The Labute approximate surface area is 77.2 Å². The third kappa shape index (κ3) is 1.21. The minimum atomic E-state index is 0.500. The summed E-state index contributed by atoms with van der Waals surface area (Å²) < 4.78 is 1.88. The highest BCUT2D eigenvalue weighted by Crippen LogP contribution is 2.18. The first-order valence-electron chi connectivity index (χ1n) is 4.34. The first-order chi connectivity index (χ1) is 6.22. The molecule has 0 fully saturated rings. The fraction of sp³-hybridized carbons (Fsp3) is 0.300. The number of hydrogen-bond donors (Lipinski definition) is 1. The molecule has 3 nitrogen and oxygen atoms in total. The van der Waals surface area contributed by atoms with E-state index in [1.807, 2.05) is 11.7 Å². The van der Waals surface area contributed by atoms with E-state index in [9.17, 15) is 0 Å². The molecule has 2 aromatic rings. The van der Waals surface area contributed by atoms with Gasteiger partial charge in [-0.05, 0) is 18.6 Å². The molecule has 1 aromatic heterocycles. The number of aromatic nitrogens is 2. The van der Waals surface area contributed by atoms with Crippen molar-refractivity contribution in [2.75, 3.05) is 0 Å². The number of nitrogens with zero attached hydrogens (tertiary/aromatic N) is 2. The molecule has 0 atom stereocenters. The van der Waals surface area contributed by atoms with E-state index in [-0.39, 0.29) is 0 Å². The van der Waals surface area contributed by atoms with E-state index in [2.05, 4.69) is 30.2 Å². The lowest BCUT2D eigenvalue weighted by Gasteiger charge is -1.95. The smallest absolute Gasteiger partial charge is 0.0838 e. The van der Waals surface area contributed by atoms with Gasteiger partial charge in [0.1, 0.15) is 0 Å². The van der Waals surface area contributed by atoms with Crippen LogP contribution >= 0.6 is 0 Å². The Morgan fingerprint density at radius 2 is 2.23 bits per heavy atom. The van der Waals surface area contributed by atoms with Crippen molar-refractivity contribution in [3.05, 3.63) is 29.5 Å². The second kappa shape index (κ2) is 2.85. The molecule has 0 amide bonds. The van der Waals surface area contributed by atoms with Crippen LogP contribution in [0, 0.1) is 6.92 Å². The topological polar surface area (TPSA) is 43.8 Å². The van der Waals surface area contributed by atoms with Crippen LogP contribution in [0.25, 0.3) is 10.9 Å². The lowest BCUT2D eigenvalue weighted by atomic mass is 10.1. The van der Waals surface area contributed by atoms with E-state index >= 15 is 0 Å². The van der Waals surface area contributed by atoms with Crippen LogP contribution in [0.3, 0.4) is 0 Å². The van der Waals surface area contributed by atoms with E-state index in [0.717, 1.165) is 16.6 Å². The summed E-state index contributed by atoms with van der Waals surface area (Å²) in [6.45, 7) is 2.58. The zero-order valence-corrected chi connectivity index (χ0v) is 7.91. The lowest BCUT2D eigenvalue weighted by molar-refractivity contribution is 0.765. The molecular weight excluding hydrogens is 162 g/mol. The van der Waals surface area contributed by atoms with Gasteiger partial charge in [-0.25, -0.2) is 0 Å². The van der Waals surface area contributed by atoms with Crippen LogP contribution in [-0.4, -0.2) is 9.78 Å². The maximum atomic E-state index is 5.59. The van der Waals surface area contributed by atoms with Gasteiger partial charge in [-0.1, -0.05) is 12.1 Å². The Morgan fingerprint density at radius 1 is 1.46 bits per heavy atom. The minimum absolute atomic E-state index is 0.500. The second-order valence-electron chi connectivity index (χ2n) is 3.30. The van der Waals surface area contributed by atoms with Crippen LogP contribution in [0.1, 0.15) is 11.3 Å². The normalized spacial score (nSPS) is 11.0. The molecule has 0 saturated heterocycles. The van der Waals surface area contributed by atoms with Gasteiger partial charge in [0, 0.05) is 19.0 Å². The third-order valence-electron chi connectivity index (χ3n) is 2.28. The van der Waals surface area contributed by atoms with Gasteiger partial charge in [0.15, 0.2) is 0 Å². The van der Waals surface area contributed by atoms with Crippen molar-refractivity contribution in [3.8, 4) is 0 Å². The Bertz CT molecular complexity index is 443. The molecule has 1 heterocycles. The molecule has 3 heteroatoms. The van der Waals surface area contributed by atoms with E-state index in [0.29, 0.717) is 6.54 Å². The fourth-order valence-corrected chi connectivity index (χ4v) is 1.59. The Morgan fingerprint density at radius 3 is 2.92 bits per heavy atom. The number of hydrogen-bond acceptors (Lipinski definition) is 2. The molecule has 0 unspecified atom stereocenters. The molecule has 0 radical (unpaired) electrons. The fourth-order valence-electron chi connectivity index (χ4n) is 1.59. The van der Waals surface area contributed by atoms with Gasteiger partial charge in [-0.2, -0.15) is 5.10 Å². The monoisotopic (exact) mass is 175 g/mol. The molecule has 2 N–H and O–H groups in total. The van der Waals surface area contributed by atoms with Gasteiger partial charge < -0.3 is 5.73 Å². The van der Waals surface area contributed by atoms with Gasteiger partial charge in [0.05, 0.1) is 11.2 Å². The van der Waals surface area contributed by atoms with Gasteiger partial charge in [0.2, 0.25) is 0 Å². The van der Waals surface area contributed by atoms with Crippen molar-refractivity contribution < 1.29 is 0 Å². The Kier molecular flexibility index (Phi) is 1.81. The maximum absolute atomic E-state index is 5.59. The number of nitrogens with two attached hydrogens (primary N) is 1. The van der Waals surface area contributed by atoms with Crippen molar-refractivity contribution >= 4 is 10.9 Å². The molecule has 68 valence electrons. The van der Waals surface area contributed by atoms with E-state index in [1.54, 1.807) is 0 Å². The molecule has 13 heavy (non-hydrogen) atoms. The summed E-state index contributed by atoms with van der Waals surface area (Å²) in [4.78, 5) is 0. The summed E-state index contributed by atoms with van der Waals surface area (Å²) in [5.74, 6) is 0. The van der Waals surface area contributed by atoms with Crippen LogP contribution in [-0.2, 0) is 13.6 Å². The zero-order chi connectivity index (χ0) is 9.42. The average molecular weight is 175 g/mol. The quantitative estimate of drug-likeness (QED) is 0.710. The number of aryl methyl sites for hydroxylation is 2. The summed E-state index contributed by atoms with van der Waals surface area (Å²) in [5, 5.41) is 5.50. The van der Waals surface area contributed by atoms with Crippen LogP contribution in [0.15, 0.2) is 18.2 Å². The standard InChI is InChI=1S/C10H13N3/c1-7-3-4-8-9(6-11)12-13(2)10(8)5-7/h3-5H,6,11H2,1-2H3. The Balaban J connectivity index is 2.80. The second-order valence-corrected chi connectivity index (χ2v) is 3.30. The molecular formula is C10H13N3. The highest BCUT2D eigenvalue weighted by molar-refractivity contribution is 5.82. The van der Waals surface area contributed by atoms with Crippen molar-refractivity contribution in [2.45, 2.75) is 13.5 Å². The number of benzene rings is 1. The molecule has 2 rings (SSSR count). The van der Waals surface area contributed by atoms with E-state index in [1.165, 1.54) is 5.56 Å². The molecule has 0 aliphatic carbocycles. The van der Waals surface area contributed by atoms with Gasteiger partial charge in [0.25, 0.3) is 0 Å². The van der Waals surface area contributed by atoms with Crippen LogP contribution in [0.4, 0.5) is 0 Å². The largest absolute Gasteiger partial charge is 0.325 e. The Hall–Kier alpha value is -1.35. The van der Waals surface area contributed by atoms with Crippen LogP contribution in [0.2, 0.25) is 0 Å². The number of rotatable bonds is 1. The first-order valence-corrected chi connectivity index (χ1v) is 4.34. The van der Waals surface area contributed by atoms with Crippen molar-refractivity contribution in [1.29, 1.82) is 0 Å². The van der Waals surface area contributed by atoms with Crippen molar-refractivity contribution in [3.63, 3.8) is 0 Å². The predicted octanol–water partition coefficient (Wildman–Crippen LogP) is 1.34. The van der Waals surface area contributed by atoms with E-state index < -0.39 is 0 Å².